The number of amides is 1. The number of hydrogen-bond donors (Lipinski definition) is 1. The fourth-order valence-corrected chi connectivity index (χ4v) is 3.75. The molecule has 0 radical (unpaired) electrons. The number of benzene rings is 2. The van der Waals surface area contributed by atoms with Crippen molar-refractivity contribution in [1.82, 2.24) is 14.8 Å². The molecule has 4 heteroatoms. The molecule has 0 spiro atoms. The molecule has 0 saturated carbocycles. The van der Waals surface area contributed by atoms with Gasteiger partial charge >= 0.3 is 0 Å². The number of carbonyl (C=O) groups excluding carboxylic acids is 1. The van der Waals surface area contributed by atoms with Crippen LogP contribution in [0, 0.1) is 0 Å². The third kappa shape index (κ3) is 3.51. The zero-order chi connectivity index (χ0) is 17.9. The highest BCUT2D eigenvalue weighted by Crippen LogP contribution is 2.27. The first-order valence-corrected chi connectivity index (χ1v) is 9.29. The highest BCUT2D eigenvalue weighted by Gasteiger charge is 2.24. The predicted molar refractivity (Wildman–Crippen MR) is 105 cm³/mol. The van der Waals surface area contributed by atoms with E-state index in [-0.39, 0.29) is 5.91 Å². The average Bonchev–Trinajstić information content (AvgIpc) is 3.05. The highest BCUT2D eigenvalue weighted by molar-refractivity contribution is 5.86. The number of hydrogen-bond acceptors (Lipinski definition) is 2. The van der Waals surface area contributed by atoms with Crippen LogP contribution in [0.5, 0.6) is 0 Å². The zero-order valence-corrected chi connectivity index (χ0v) is 15.2. The minimum atomic E-state index is 0.219. The monoisotopic (exact) mass is 347 g/mol. The third-order valence-electron chi connectivity index (χ3n) is 5.27. The number of aromatic nitrogens is 1. The molecule has 134 valence electrons. The van der Waals surface area contributed by atoms with Crippen LogP contribution in [-0.2, 0) is 24.2 Å². The van der Waals surface area contributed by atoms with Crippen LogP contribution < -0.4 is 0 Å². The molecule has 0 bridgehead atoms. The van der Waals surface area contributed by atoms with Crippen molar-refractivity contribution < 1.29 is 4.79 Å². The van der Waals surface area contributed by atoms with Gasteiger partial charge in [-0.3, -0.25) is 9.69 Å². The maximum atomic E-state index is 12.8. The molecule has 0 fully saturated rings. The van der Waals surface area contributed by atoms with Crippen molar-refractivity contribution in [2.75, 3.05) is 26.7 Å². The third-order valence-corrected chi connectivity index (χ3v) is 5.27. The molecule has 1 aromatic heterocycles. The van der Waals surface area contributed by atoms with Gasteiger partial charge in [0, 0.05) is 48.2 Å². The number of fused-ring (bicyclic) bond motifs is 3. The Hall–Kier alpha value is -2.59. The van der Waals surface area contributed by atoms with E-state index in [2.05, 4.69) is 58.4 Å². The number of carbonyl (C=O) groups is 1. The summed E-state index contributed by atoms with van der Waals surface area (Å²) < 4.78 is 0. The van der Waals surface area contributed by atoms with Crippen LogP contribution in [0.2, 0.25) is 0 Å². The predicted octanol–water partition coefficient (Wildman–Crippen LogP) is 3.23. The van der Waals surface area contributed by atoms with E-state index in [0.29, 0.717) is 13.1 Å². The Morgan fingerprint density at radius 2 is 1.88 bits per heavy atom. The summed E-state index contributed by atoms with van der Waals surface area (Å²) in [6.45, 7) is 2.88. The van der Waals surface area contributed by atoms with E-state index in [1.54, 1.807) is 0 Å². The van der Waals surface area contributed by atoms with Crippen LogP contribution in [0.15, 0.2) is 54.6 Å². The van der Waals surface area contributed by atoms with Gasteiger partial charge in [-0.05, 0) is 25.1 Å². The molecule has 4 rings (SSSR count). The molecule has 2 aromatic carbocycles. The SMILES string of the molecule is CN(CCc1ccccc1)CC(=O)N1CCc2[nH]c3ccccc3c2C1. The lowest BCUT2D eigenvalue weighted by Gasteiger charge is -2.29. The summed E-state index contributed by atoms with van der Waals surface area (Å²) in [6.07, 6.45) is 1.88. The van der Waals surface area contributed by atoms with Crippen molar-refractivity contribution in [2.24, 2.45) is 0 Å². The van der Waals surface area contributed by atoms with E-state index in [1.807, 2.05) is 18.0 Å². The number of nitrogens with one attached hydrogen (secondary N) is 1. The molecule has 0 aliphatic carbocycles. The van der Waals surface area contributed by atoms with Crippen LogP contribution in [0.25, 0.3) is 10.9 Å². The molecule has 2 heterocycles. The summed E-state index contributed by atoms with van der Waals surface area (Å²) in [4.78, 5) is 20.4. The first-order valence-electron chi connectivity index (χ1n) is 9.29. The molecule has 3 aromatic rings. The molecule has 1 N–H and O–H groups in total. The average molecular weight is 347 g/mol. The second kappa shape index (κ2) is 7.34. The molecule has 4 nitrogen and oxygen atoms in total. The summed E-state index contributed by atoms with van der Waals surface area (Å²) in [5.41, 5.74) is 5.06. The largest absolute Gasteiger partial charge is 0.358 e. The number of likely N-dealkylation sites (N-methyl/N-ethyl adjacent to an activating group) is 1. The minimum absolute atomic E-state index is 0.219. The lowest BCUT2D eigenvalue weighted by molar-refractivity contribution is -0.133. The van der Waals surface area contributed by atoms with Gasteiger partial charge in [0.15, 0.2) is 0 Å². The van der Waals surface area contributed by atoms with E-state index < -0.39 is 0 Å². The quantitative estimate of drug-likeness (QED) is 0.770. The molecule has 0 unspecified atom stereocenters. The van der Waals surface area contributed by atoms with Gasteiger partial charge in [-0.1, -0.05) is 48.5 Å². The summed E-state index contributed by atoms with van der Waals surface area (Å²) in [5, 5.41) is 1.25. The van der Waals surface area contributed by atoms with E-state index in [1.165, 1.54) is 27.7 Å². The number of para-hydroxylation sites is 1. The number of aromatic amines is 1. The Morgan fingerprint density at radius 3 is 2.73 bits per heavy atom. The number of rotatable bonds is 5. The van der Waals surface area contributed by atoms with Crippen molar-refractivity contribution in [3.05, 3.63) is 71.4 Å². The van der Waals surface area contributed by atoms with Crippen LogP contribution in [0.1, 0.15) is 16.8 Å². The summed E-state index contributed by atoms with van der Waals surface area (Å²) in [5.74, 6) is 0.219. The molecule has 1 aliphatic heterocycles. The molecule has 1 amide bonds. The van der Waals surface area contributed by atoms with E-state index in [0.717, 1.165) is 25.9 Å². The van der Waals surface area contributed by atoms with Crippen LogP contribution >= 0.6 is 0 Å². The Kier molecular flexibility index (Phi) is 4.76. The second-order valence-corrected chi connectivity index (χ2v) is 7.17. The van der Waals surface area contributed by atoms with E-state index >= 15 is 0 Å². The van der Waals surface area contributed by atoms with Gasteiger partial charge in [-0.2, -0.15) is 0 Å². The topological polar surface area (TPSA) is 39.3 Å². The second-order valence-electron chi connectivity index (χ2n) is 7.17. The standard InChI is InChI=1S/C22H25N3O/c1-24(13-11-17-7-3-2-4-8-17)16-22(26)25-14-12-21-19(15-25)18-9-5-6-10-20(18)23-21/h2-10,23H,11-16H2,1H3. The Labute approximate surface area is 154 Å². The molecular formula is C22H25N3O. The first kappa shape index (κ1) is 16.9. The van der Waals surface area contributed by atoms with Crippen molar-refractivity contribution in [3.8, 4) is 0 Å². The van der Waals surface area contributed by atoms with Crippen LogP contribution in [0.3, 0.4) is 0 Å². The Morgan fingerprint density at radius 1 is 1.12 bits per heavy atom. The Balaban J connectivity index is 1.36. The van der Waals surface area contributed by atoms with Gasteiger partial charge in [0.25, 0.3) is 0 Å². The number of nitrogens with zero attached hydrogens (tertiary/aromatic N) is 2. The fourth-order valence-electron chi connectivity index (χ4n) is 3.75. The summed E-state index contributed by atoms with van der Waals surface area (Å²) in [6, 6.07) is 18.8. The normalized spacial score (nSPS) is 14.0. The van der Waals surface area contributed by atoms with Crippen LogP contribution in [0.4, 0.5) is 0 Å². The van der Waals surface area contributed by atoms with Gasteiger partial charge in [0.05, 0.1) is 6.54 Å². The van der Waals surface area contributed by atoms with Gasteiger partial charge in [-0.15, -0.1) is 0 Å². The maximum absolute atomic E-state index is 12.8. The molecule has 0 atom stereocenters. The fraction of sp³-hybridized carbons (Fsp3) is 0.318. The minimum Gasteiger partial charge on any atom is -0.358 e. The summed E-state index contributed by atoms with van der Waals surface area (Å²) in [7, 11) is 2.03. The van der Waals surface area contributed by atoms with Crippen molar-refractivity contribution >= 4 is 16.8 Å². The molecule has 1 aliphatic rings. The lowest BCUT2D eigenvalue weighted by atomic mass is 10.0. The lowest BCUT2D eigenvalue weighted by Crippen LogP contribution is -2.42. The number of H-pyrrole nitrogens is 1. The molecule has 26 heavy (non-hydrogen) atoms. The van der Waals surface area contributed by atoms with Crippen molar-refractivity contribution in [1.29, 1.82) is 0 Å². The van der Waals surface area contributed by atoms with E-state index in [4.69, 9.17) is 0 Å². The van der Waals surface area contributed by atoms with E-state index in [9.17, 15) is 4.79 Å². The van der Waals surface area contributed by atoms with Gasteiger partial charge in [0.1, 0.15) is 0 Å². The van der Waals surface area contributed by atoms with Gasteiger partial charge in [-0.25, -0.2) is 0 Å². The first-order chi connectivity index (χ1) is 12.7. The Bertz CT molecular complexity index is 900. The summed E-state index contributed by atoms with van der Waals surface area (Å²) >= 11 is 0. The van der Waals surface area contributed by atoms with Crippen molar-refractivity contribution in [3.63, 3.8) is 0 Å². The smallest absolute Gasteiger partial charge is 0.237 e. The molecular weight excluding hydrogens is 322 g/mol. The van der Waals surface area contributed by atoms with Crippen LogP contribution in [-0.4, -0.2) is 47.4 Å². The van der Waals surface area contributed by atoms with Crippen molar-refractivity contribution in [2.45, 2.75) is 19.4 Å². The highest BCUT2D eigenvalue weighted by atomic mass is 16.2. The zero-order valence-electron chi connectivity index (χ0n) is 15.2. The van der Waals surface area contributed by atoms with Gasteiger partial charge in [0.2, 0.25) is 5.91 Å². The van der Waals surface area contributed by atoms with Gasteiger partial charge < -0.3 is 9.88 Å². The maximum Gasteiger partial charge on any atom is 0.237 e. The molecule has 0 saturated heterocycles.